The second-order valence-electron chi connectivity index (χ2n) is 3.24. The van der Waals surface area contributed by atoms with E-state index in [9.17, 15) is 0 Å². The van der Waals surface area contributed by atoms with Crippen LogP contribution in [0, 0.1) is 6.92 Å². The van der Waals surface area contributed by atoms with Crippen LogP contribution >= 0.6 is 23.2 Å². The number of oxazole rings is 1. The number of halogens is 2. The quantitative estimate of drug-likeness (QED) is 0.742. The molecular formula is C11H9Cl2NO. The first-order valence-corrected chi connectivity index (χ1v) is 5.39. The van der Waals surface area contributed by atoms with Crippen LogP contribution in [0.3, 0.4) is 0 Å². The second-order valence-corrected chi connectivity index (χ2v) is 3.92. The first kappa shape index (κ1) is 10.5. The van der Waals surface area contributed by atoms with Gasteiger partial charge in [-0.15, -0.1) is 11.6 Å². The largest absolute Gasteiger partial charge is 0.444 e. The van der Waals surface area contributed by atoms with E-state index < -0.39 is 0 Å². The fourth-order valence-corrected chi connectivity index (χ4v) is 1.52. The molecule has 0 fully saturated rings. The van der Waals surface area contributed by atoms with Crippen molar-refractivity contribution in [2.75, 3.05) is 0 Å². The number of rotatable bonds is 2. The Labute approximate surface area is 97.8 Å². The van der Waals surface area contributed by atoms with Crippen molar-refractivity contribution in [3.63, 3.8) is 0 Å². The van der Waals surface area contributed by atoms with Crippen LogP contribution in [-0.2, 0) is 5.88 Å². The molecule has 0 saturated carbocycles. The summed E-state index contributed by atoms with van der Waals surface area (Å²) in [4.78, 5) is 4.23. The maximum Gasteiger partial charge on any atom is 0.226 e. The van der Waals surface area contributed by atoms with Gasteiger partial charge in [0.2, 0.25) is 5.89 Å². The van der Waals surface area contributed by atoms with E-state index in [-0.39, 0.29) is 0 Å². The zero-order valence-corrected chi connectivity index (χ0v) is 9.64. The highest BCUT2D eigenvalue weighted by molar-refractivity contribution is 6.31. The van der Waals surface area contributed by atoms with E-state index in [1.54, 1.807) is 6.26 Å². The molecule has 0 aliphatic rings. The van der Waals surface area contributed by atoms with E-state index in [0.717, 1.165) is 21.8 Å². The molecule has 0 bridgehead atoms. The molecule has 4 heteroatoms. The van der Waals surface area contributed by atoms with Crippen LogP contribution in [-0.4, -0.2) is 4.98 Å². The van der Waals surface area contributed by atoms with Crippen molar-refractivity contribution in [3.05, 3.63) is 40.7 Å². The molecule has 0 aliphatic carbocycles. The van der Waals surface area contributed by atoms with E-state index in [1.165, 1.54) is 0 Å². The lowest BCUT2D eigenvalue weighted by atomic mass is 10.1. The number of aryl methyl sites for hydroxylation is 1. The fraction of sp³-hybridized carbons (Fsp3) is 0.182. The van der Waals surface area contributed by atoms with Crippen molar-refractivity contribution in [3.8, 4) is 11.5 Å². The molecule has 0 amide bonds. The van der Waals surface area contributed by atoms with Gasteiger partial charge < -0.3 is 4.42 Å². The Morgan fingerprint density at radius 1 is 1.40 bits per heavy atom. The molecule has 15 heavy (non-hydrogen) atoms. The molecule has 0 radical (unpaired) electrons. The smallest absolute Gasteiger partial charge is 0.226 e. The first-order valence-electron chi connectivity index (χ1n) is 4.47. The van der Waals surface area contributed by atoms with Crippen LogP contribution in [0.25, 0.3) is 11.5 Å². The van der Waals surface area contributed by atoms with Gasteiger partial charge in [0, 0.05) is 10.6 Å². The molecule has 1 aromatic carbocycles. The Kier molecular flexibility index (Phi) is 2.98. The zero-order valence-electron chi connectivity index (χ0n) is 8.13. The summed E-state index contributed by atoms with van der Waals surface area (Å²) in [6, 6.07) is 5.64. The first-order chi connectivity index (χ1) is 7.20. The van der Waals surface area contributed by atoms with E-state index in [2.05, 4.69) is 4.98 Å². The summed E-state index contributed by atoms with van der Waals surface area (Å²) < 4.78 is 5.30. The Balaban J connectivity index is 2.40. The molecule has 0 spiro atoms. The van der Waals surface area contributed by atoms with Crippen LogP contribution in [0.5, 0.6) is 0 Å². The Hall–Kier alpha value is -0.990. The molecule has 1 heterocycles. The summed E-state index contributed by atoms with van der Waals surface area (Å²) in [5.41, 5.74) is 2.65. The van der Waals surface area contributed by atoms with Gasteiger partial charge >= 0.3 is 0 Å². The van der Waals surface area contributed by atoms with Crippen LogP contribution in [0.2, 0.25) is 5.02 Å². The molecule has 0 N–H and O–H groups in total. The standard InChI is InChI=1S/C11H9Cl2NO/c1-7-4-8(2-3-10(7)13)11-14-9(5-12)6-15-11/h2-4,6H,5H2,1H3. The van der Waals surface area contributed by atoms with Crippen molar-refractivity contribution in [1.29, 1.82) is 0 Å². The summed E-state index contributed by atoms with van der Waals surface area (Å²) >= 11 is 11.6. The molecule has 0 aliphatic heterocycles. The number of aromatic nitrogens is 1. The lowest BCUT2D eigenvalue weighted by Crippen LogP contribution is -1.82. The van der Waals surface area contributed by atoms with Gasteiger partial charge in [-0.1, -0.05) is 11.6 Å². The van der Waals surface area contributed by atoms with Crippen LogP contribution < -0.4 is 0 Å². The van der Waals surface area contributed by atoms with E-state index in [4.69, 9.17) is 27.6 Å². The summed E-state index contributed by atoms with van der Waals surface area (Å²) in [6.07, 6.45) is 1.56. The molecule has 2 nitrogen and oxygen atoms in total. The molecule has 0 atom stereocenters. The third kappa shape index (κ3) is 2.16. The topological polar surface area (TPSA) is 26.0 Å². The molecule has 2 rings (SSSR count). The third-order valence-electron chi connectivity index (χ3n) is 2.09. The number of alkyl halides is 1. The molecule has 2 aromatic rings. The van der Waals surface area contributed by atoms with Gasteiger partial charge in [0.1, 0.15) is 6.26 Å². The number of hydrogen-bond donors (Lipinski definition) is 0. The van der Waals surface area contributed by atoms with Gasteiger partial charge in [0.05, 0.1) is 11.6 Å². The van der Waals surface area contributed by atoms with Crippen LogP contribution in [0.15, 0.2) is 28.9 Å². The Morgan fingerprint density at radius 2 is 2.20 bits per heavy atom. The van der Waals surface area contributed by atoms with Crippen molar-refractivity contribution in [1.82, 2.24) is 4.98 Å². The van der Waals surface area contributed by atoms with Crippen molar-refractivity contribution in [2.24, 2.45) is 0 Å². The monoisotopic (exact) mass is 241 g/mol. The maximum atomic E-state index is 5.93. The van der Waals surface area contributed by atoms with Crippen LogP contribution in [0.4, 0.5) is 0 Å². The SMILES string of the molecule is Cc1cc(-c2nc(CCl)co2)ccc1Cl. The Bertz CT molecular complexity index is 479. The van der Waals surface area contributed by atoms with E-state index in [1.807, 2.05) is 25.1 Å². The van der Waals surface area contributed by atoms with Crippen LogP contribution in [0.1, 0.15) is 11.3 Å². The molecule has 0 saturated heterocycles. The highest BCUT2D eigenvalue weighted by Crippen LogP contribution is 2.24. The summed E-state index contributed by atoms with van der Waals surface area (Å²) in [5.74, 6) is 0.932. The zero-order chi connectivity index (χ0) is 10.8. The fourth-order valence-electron chi connectivity index (χ4n) is 1.28. The van der Waals surface area contributed by atoms with Gasteiger partial charge in [-0.25, -0.2) is 4.98 Å². The van der Waals surface area contributed by atoms with Crippen molar-refractivity contribution >= 4 is 23.2 Å². The normalized spacial score (nSPS) is 10.6. The molecule has 78 valence electrons. The number of benzene rings is 1. The average Bonchev–Trinajstić information content (AvgIpc) is 2.70. The van der Waals surface area contributed by atoms with Gasteiger partial charge in [-0.3, -0.25) is 0 Å². The molecular weight excluding hydrogens is 233 g/mol. The molecule has 1 aromatic heterocycles. The Morgan fingerprint density at radius 3 is 2.80 bits per heavy atom. The van der Waals surface area contributed by atoms with Crippen molar-refractivity contribution < 1.29 is 4.42 Å². The van der Waals surface area contributed by atoms with Gasteiger partial charge in [-0.05, 0) is 30.7 Å². The minimum atomic E-state index is 0.357. The minimum absolute atomic E-state index is 0.357. The number of nitrogens with zero attached hydrogens (tertiary/aromatic N) is 1. The summed E-state index contributed by atoms with van der Waals surface area (Å²) in [6.45, 7) is 1.94. The highest BCUT2D eigenvalue weighted by atomic mass is 35.5. The van der Waals surface area contributed by atoms with E-state index in [0.29, 0.717) is 11.8 Å². The predicted octanol–water partition coefficient (Wildman–Crippen LogP) is 4.04. The lowest BCUT2D eigenvalue weighted by molar-refractivity contribution is 0.573. The van der Waals surface area contributed by atoms with Gasteiger partial charge in [0.25, 0.3) is 0 Å². The van der Waals surface area contributed by atoms with E-state index >= 15 is 0 Å². The molecule has 0 unspecified atom stereocenters. The summed E-state index contributed by atoms with van der Waals surface area (Å²) in [5, 5.41) is 0.739. The van der Waals surface area contributed by atoms with Crippen molar-refractivity contribution in [2.45, 2.75) is 12.8 Å². The average molecular weight is 242 g/mol. The summed E-state index contributed by atoms with van der Waals surface area (Å²) in [7, 11) is 0. The van der Waals surface area contributed by atoms with Gasteiger partial charge in [-0.2, -0.15) is 0 Å². The third-order valence-corrected chi connectivity index (χ3v) is 2.79. The number of hydrogen-bond acceptors (Lipinski definition) is 2. The lowest BCUT2D eigenvalue weighted by Gasteiger charge is -1.99. The maximum absolute atomic E-state index is 5.93. The second kappa shape index (κ2) is 4.25. The van der Waals surface area contributed by atoms with Gasteiger partial charge in [0.15, 0.2) is 0 Å². The predicted molar refractivity (Wildman–Crippen MR) is 61.2 cm³/mol. The highest BCUT2D eigenvalue weighted by Gasteiger charge is 2.07. The minimum Gasteiger partial charge on any atom is -0.444 e.